The number of hydrogen-bond acceptors (Lipinski definition) is 4. The number of rotatable bonds is 6. The van der Waals surface area contributed by atoms with Crippen molar-refractivity contribution in [2.75, 3.05) is 45.6 Å². The van der Waals surface area contributed by atoms with Gasteiger partial charge < -0.3 is 15.0 Å². The van der Waals surface area contributed by atoms with Crippen molar-refractivity contribution in [3.8, 4) is 0 Å². The van der Waals surface area contributed by atoms with Crippen LogP contribution in [0.2, 0.25) is 0 Å². The van der Waals surface area contributed by atoms with Crippen molar-refractivity contribution < 1.29 is 13.2 Å². The summed E-state index contributed by atoms with van der Waals surface area (Å²) in [6, 6.07) is 0. The van der Waals surface area contributed by atoms with E-state index in [0.717, 1.165) is 38.6 Å². The molecular formula is C14H30IN3O3S. The third-order valence-electron chi connectivity index (χ3n) is 3.76. The molecule has 0 bridgehead atoms. The quantitative estimate of drug-likeness (QED) is 0.289. The van der Waals surface area contributed by atoms with Crippen LogP contribution >= 0.6 is 24.0 Å². The zero-order chi connectivity index (χ0) is 15.9. The van der Waals surface area contributed by atoms with Crippen LogP contribution in [0.3, 0.4) is 0 Å². The zero-order valence-electron chi connectivity index (χ0n) is 14.1. The minimum Gasteiger partial charge on any atom is -0.382 e. The lowest BCUT2D eigenvalue weighted by Gasteiger charge is -2.39. The molecule has 0 aromatic rings. The fourth-order valence-electron chi connectivity index (χ4n) is 2.33. The average Bonchev–Trinajstić information content (AvgIpc) is 2.41. The van der Waals surface area contributed by atoms with Gasteiger partial charge in [0, 0.05) is 39.9 Å². The van der Waals surface area contributed by atoms with Gasteiger partial charge in [0.1, 0.15) is 0 Å². The number of nitrogens with one attached hydrogen (secondary N) is 1. The molecule has 22 heavy (non-hydrogen) atoms. The van der Waals surface area contributed by atoms with Crippen LogP contribution in [0.5, 0.6) is 0 Å². The van der Waals surface area contributed by atoms with Crippen LogP contribution in [0.15, 0.2) is 4.99 Å². The lowest BCUT2D eigenvalue weighted by molar-refractivity contribution is 0.143. The number of hydrogen-bond donors (Lipinski definition) is 1. The Labute approximate surface area is 152 Å². The van der Waals surface area contributed by atoms with Crippen LogP contribution in [-0.4, -0.2) is 69.7 Å². The van der Waals surface area contributed by atoms with Crippen molar-refractivity contribution in [1.29, 1.82) is 0 Å². The molecule has 6 nitrogen and oxygen atoms in total. The van der Waals surface area contributed by atoms with Crippen LogP contribution in [0.4, 0.5) is 0 Å². The van der Waals surface area contributed by atoms with Gasteiger partial charge >= 0.3 is 0 Å². The summed E-state index contributed by atoms with van der Waals surface area (Å²) >= 11 is 0. The lowest BCUT2D eigenvalue weighted by Crippen LogP contribution is -2.57. The Balaban J connectivity index is 0.00000441. The molecule has 0 saturated carbocycles. The molecule has 0 atom stereocenters. The van der Waals surface area contributed by atoms with Gasteiger partial charge in [0.15, 0.2) is 15.8 Å². The smallest absolute Gasteiger partial charge is 0.193 e. The summed E-state index contributed by atoms with van der Waals surface area (Å²) in [6.45, 7) is 8.90. The molecule has 1 aliphatic heterocycles. The summed E-state index contributed by atoms with van der Waals surface area (Å²) in [5.41, 5.74) is 0. The molecule has 0 amide bonds. The van der Waals surface area contributed by atoms with E-state index in [1.807, 2.05) is 11.8 Å². The number of sulfone groups is 1. The van der Waals surface area contributed by atoms with Crippen LogP contribution in [0.1, 0.15) is 33.6 Å². The van der Waals surface area contributed by atoms with Gasteiger partial charge in [-0.05, 0) is 33.6 Å². The van der Waals surface area contributed by atoms with Crippen LogP contribution in [0, 0.1) is 0 Å². The summed E-state index contributed by atoms with van der Waals surface area (Å²) in [7, 11) is -1.28. The van der Waals surface area contributed by atoms with Crippen molar-refractivity contribution in [1.82, 2.24) is 10.2 Å². The fourth-order valence-corrected chi connectivity index (χ4v) is 3.70. The molecule has 0 aromatic heterocycles. The van der Waals surface area contributed by atoms with E-state index in [4.69, 9.17) is 4.74 Å². The normalized spacial score (nSPS) is 20.4. The summed E-state index contributed by atoms with van der Waals surface area (Å²) < 4.78 is 28.6. The fraction of sp³-hybridized carbons (Fsp3) is 0.929. The van der Waals surface area contributed by atoms with E-state index in [9.17, 15) is 8.42 Å². The summed E-state index contributed by atoms with van der Waals surface area (Å²) in [5, 5.41) is 3.31. The molecule has 0 aromatic carbocycles. The maximum absolute atomic E-state index is 12.0. The van der Waals surface area contributed by atoms with Gasteiger partial charge in [0.2, 0.25) is 0 Å². The third-order valence-corrected chi connectivity index (χ3v) is 6.29. The number of nitrogens with zero attached hydrogens (tertiary/aromatic N) is 2. The predicted molar refractivity (Wildman–Crippen MR) is 102 cm³/mol. The van der Waals surface area contributed by atoms with Crippen molar-refractivity contribution in [2.45, 2.75) is 38.4 Å². The standard InChI is InChI=1S/C14H29N3O3S.HI/c1-5-20-10-7-6-8-16-13(15-4)17-9-11-21(18,19)14(2,3)12-17;/h5-12H2,1-4H3,(H,15,16);1H. The van der Waals surface area contributed by atoms with Gasteiger partial charge in [0.25, 0.3) is 0 Å². The van der Waals surface area contributed by atoms with E-state index in [1.54, 1.807) is 20.9 Å². The van der Waals surface area contributed by atoms with Gasteiger partial charge in [-0.15, -0.1) is 24.0 Å². The average molecular weight is 447 g/mol. The molecule has 0 aliphatic carbocycles. The monoisotopic (exact) mass is 447 g/mol. The topological polar surface area (TPSA) is 71.0 Å². The largest absolute Gasteiger partial charge is 0.382 e. The van der Waals surface area contributed by atoms with E-state index >= 15 is 0 Å². The Hall–Kier alpha value is -0.0900. The number of ether oxygens (including phenoxy) is 1. The molecule has 8 heteroatoms. The Bertz CT molecular complexity index is 452. The van der Waals surface area contributed by atoms with Crippen molar-refractivity contribution in [3.05, 3.63) is 0 Å². The molecule has 0 radical (unpaired) electrons. The van der Waals surface area contributed by atoms with Gasteiger partial charge in [-0.25, -0.2) is 8.42 Å². The Morgan fingerprint density at radius 1 is 1.36 bits per heavy atom. The number of halogens is 1. The third kappa shape index (κ3) is 6.19. The van der Waals surface area contributed by atoms with Crippen LogP contribution < -0.4 is 5.32 Å². The van der Waals surface area contributed by atoms with E-state index in [2.05, 4.69) is 10.3 Å². The Morgan fingerprint density at radius 3 is 2.59 bits per heavy atom. The van der Waals surface area contributed by atoms with Crippen LogP contribution in [-0.2, 0) is 14.6 Å². The highest BCUT2D eigenvalue weighted by Crippen LogP contribution is 2.23. The maximum Gasteiger partial charge on any atom is 0.193 e. The maximum atomic E-state index is 12.0. The Morgan fingerprint density at radius 2 is 2.05 bits per heavy atom. The molecular weight excluding hydrogens is 417 g/mol. The van der Waals surface area contributed by atoms with E-state index < -0.39 is 14.6 Å². The number of aliphatic imine (C=N–C) groups is 1. The highest BCUT2D eigenvalue weighted by Gasteiger charge is 2.40. The minimum absolute atomic E-state index is 0. The molecule has 0 spiro atoms. The Kier molecular flexibility index (Phi) is 9.88. The summed E-state index contributed by atoms with van der Waals surface area (Å²) in [4.78, 5) is 6.30. The van der Waals surface area contributed by atoms with Gasteiger partial charge in [-0.1, -0.05) is 0 Å². The summed E-state index contributed by atoms with van der Waals surface area (Å²) in [5.74, 6) is 0.972. The van der Waals surface area contributed by atoms with E-state index in [0.29, 0.717) is 13.1 Å². The number of guanidine groups is 1. The zero-order valence-corrected chi connectivity index (χ0v) is 17.2. The lowest BCUT2D eigenvalue weighted by atomic mass is 10.2. The second-order valence-electron chi connectivity index (χ2n) is 5.88. The van der Waals surface area contributed by atoms with E-state index in [-0.39, 0.29) is 29.7 Å². The second kappa shape index (κ2) is 9.92. The molecule has 0 unspecified atom stereocenters. The predicted octanol–water partition coefficient (Wildman–Crippen LogP) is 1.51. The van der Waals surface area contributed by atoms with Gasteiger partial charge in [-0.3, -0.25) is 4.99 Å². The van der Waals surface area contributed by atoms with Gasteiger partial charge in [-0.2, -0.15) is 0 Å². The minimum atomic E-state index is -3.01. The SMILES string of the molecule is CCOCCCCNC(=NC)N1CCS(=O)(=O)C(C)(C)C1.I. The first-order valence-corrected chi connectivity index (χ1v) is 9.25. The van der Waals surface area contributed by atoms with Crippen LogP contribution in [0.25, 0.3) is 0 Å². The second-order valence-corrected chi connectivity index (χ2v) is 8.62. The van der Waals surface area contributed by atoms with Crippen molar-refractivity contribution in [2.24, 2.45) is 4.99 Å². The molecule has 1 aliphatic rings. The first-order chi connectivity index (χ1) is 9.84. The van der Waals surface area contributed by atoms with Crippen molar-refractivity contribution in [3.63, 3.8) is 0 Å². The first kappa shape index (κ1) is 21.9. The van der Waals surface area contributed by atoms with Gasteiger partial charge in [0.05, 0.1) is 10.5 Å². The molecule has 1 rings (SSSR count). The van der Waals surface area contributed by atoms with E-state index in [1.165, 1.54) is 0 Å². The van der Waals surface area contributed by atoms with Crippen molar-refractivity contribution >= 4 is 39.8 Å². The first-order valence-electron chi connectivity index (χ1n) is 7.59. The molecule has 1 N–H and O–H groups in total. The highest BCUT2D eigenvalue weighted by molar-refractivity contribution is 14.0. The number of unbranched alkanes of at least 4 members (excludes halogenated alkanes) is 1. The molecule has 132 valence electrons. The molecule has 1 heterocycles. The highest BCUT2D eigenvalue weighted by atomic mass is 127. The molecule has 1 fully saturated rings. The summed E-state index contributed by atoms with van der Waals surface area (Å²) in [6.07, 6.45) is 2.02. The molecule has 1 saturated heterocycles.